The fraction of sp³-hybridized carbons (Fsp3) is 0.143. The van der Waals surface area contributed by atoms with E-state index in [1.807, 2.05) is 0 Å². The van der Waals surface area contributed by atoms with E-state index in [2.05, 4.69) is 15.9 Å². The van der Waals surface area contributed by atoms with Crippen LogP contribution in [0.1, 0.15) is 0 Å². The molecule has 5 heteroatoms. The summed E-state index contributed by atoms with van der Waals surface area (Å²) in [5, 5.41) is 0.329. The Balaban J connectivity index is 2.71. The molecular formula is C14H11BrClFO2. The Morgan fingerprint density at radius 3 is 2.37 bits per heavy atom. The van der Waals surface area contributed by atoms with Gasteiger partial charge in [-0.1, -0.05) is 17.7 Å². The lowest BCUT2D eigenvalue weighted by Gasteiger charge is -2.14. The molecule has 0 radical (unpaired) electrons. The van der Waals surface area contributed by atoms with Gasteiger partial charge in [0.1, 0.15) is 17.3 Å². The minimum atomic E-state index is -0.400. The summed E-state index contributed by atoms with van der Waals surface area (Å²) in [6, 6.07) is 7.96. The van der Waals surface area contributed by atoms with Crippen LogP contribution in [-0.4, -0.2) is 14.2 Å². The molecule has 2 aromatic rings. The molecule has 0 aliphatic heterocycles. The van der Waals surface area contributed by atoms with Crippen LogP contribution < -0.4 is 9.47 Å². The zero-order valence-electron chi connectivity index (χ0n) is 10.3. The van der Waals surface area contributed by atoms with Gasteiger partial charge in [0.05, 0.1) is 23.7 Å². The van der Waals surface area contributed by atoms with Gasteiger partial charge in [-0.05, 0) is 34.1 Å². The van der Waals surface area contributed by atoms with Crippen molar-refractivity contribution < 1.29 is 13.9 Å². The minimum absolute atomic E-state index is 0.310. The van der Waals surface area contributed by atoms with Crippen molar-refractivity contribution in [3.63, 3.8) is 0 Å². The predicted molar refractivity (Wildman–Crippen MR) is 77.7 cm³/mol. The summed E-state index contributed by atoms with van der Waals surface area (Å²) in [5.41, 5.74) is 0.877. The Morgan fingerprint density at radius 1 is 1.11 bits per heavy atom. The molecule has 0 unspecified atom stereocenters. The molecule has 0 spiro atoms. The van der Waals surface area contributed by atoms with E-state index in [-0.39, 0.29) is 0 Å². The molecule has 0 heterocycles. The van der Waals surface area contributed by atoms with Crippen LogP contribution in [0.2, 0.25) is 5.02 Å². The highest BCUT2D eigenvalue weighted by Crippen LogP contribution is 2.41. The average molecular weight is 346 g/mol. The molecule has 2 nitrogen and oxygen atoms in total. The summed E-state index contributed by atoms with van der Waals surface area (Å²) in [4.78, 5) is 0. The Kier molecular flexibility index (Phi) is 4.32. The quantitative estimate of drug-likeness (QED) is 0.785. The number of ether oxygens (including phenoxy) is 2. The van der Waals surface area contributed by atoms with E-state index >= 15 is 0 Å². The molecule has 0 N–H and O–H groups in total. The smallest absolute Gasteiger partial charge is 0.136 e. The molecule has 0 aliphatic carbocycles. The molecule has 0 saturated carbocycles. The third-order valence-electron chi connectivity index (χ3n) is 2.71. The largest absolute Gasteiger partial charge is 0.496 e. The van der Waals surface area contributed by atoms with E-state index in [9.17, 15) is 4.39 Å². The summed E-state index contributed by atoms with van der Waals surface area (Å²) in [6.45, 7) is 0. The van der Waals surface area contributed by atoms with Crippen molar-refractivity contribution in [3.05, 3.63) is 45.6 Å². The van der Waals surface area contributed by atoms with Crippen molar-refractivity contribution in [1.82, 2.24) is 0 Å². The van der Waals surface area contributed by atoms with Gasteiger partial charge < -0.3 is 9.47 Å². The average Bonchev–Trinajstić information content (AvgIpc) is 2.39. The van der Waals surface area contributed by atoms with E-state index < -0.39 is 5.82 Å². The number of hydrogen-bond acceptors (Lipinski definition) is 2. The van der Waals surface area contributed by atoms with Gasteiger partial charge in [0.25, 0.3) is 0 Å². The normalized spacial score (nSPS) is 10.4. The van der Waals surface area contributed by atoms with Crippen molar-refractivity contribution in [1.29, 1.82) is 0 Å². The van der Waals surface area contributed by atoms with Crippen molar-refractivity contribution in [2.24, 2.45) is 0 Å². The fourth-order valence-corrected chi connectivity index (χ4v) is 2.58. The second-order valence-electron chi connectivity index (χ2n) is 3.78. The maximum atomic E-state index is 14.0. The second-order valence-corrected chi connectivity index (χ2v) is 5.05. The first-order chi connectivity index (χ1) is 9.08. The molecule has 2 rings (SSSR count). The fourth-order valence-electron chi connectivity index (χ4n) is 1.81. The molecule has 0 atom stereocenters. The highest BCUT2D eigenvalue weighted by Gasteiger charge is 2.17. The van der Waals surface area contributed by atoms with E-state index in [0.717, 1.165) is 0 Å². The lowest BCUT2D eigenvalue weighted by Crippen LogP contribution is -1.94. The lowest BCUT2D eigenvalue weighted by molar-refractivity contribution is 0.393. The zero-order valence-corrected chi connectivity index (χ0v) is 12.7. The summed E-state index contributed by atoms with van der Waals surface area (Å²) >= 11 is 9.45. The minimum Gasteiger partial charge on any atom is -0.496 e. The standard InChI is InChI=1S/C14H11BrClFO2/c1-18-12-7-13(19-2)9(15)6-8(12)14-10(16)4-3-5-11(14)17/h3-7H,1-2H3. The molecule has 0 aliphatic rings. The van der Waals surface area contributed by atoms with Crippen LogP contribution in [0.3, 0.4) is 0 Å². The molecule has 0 fully saturated rings. The molecule has 2 aromatic carbocycles. The second kappa shape index (κ2) is 5.80. The van der Waals surface area contributed by atoms with Crippen LogP contribution in [0.5, 0.6) is 11.5 Å². The Hall–Kier alpha value is -1.26. The number of halogens is 3. The summed E-state index contributed by atoms with van der Waals surface area (Å²) in [5.74, 6) is 0.697. The van der Waals surface area contributed by atoms with Gasteiger partial charge in [-0.25, -0.2) is 4.39 Å². The predicted octanol–water partition coefficient (Wildman–Crippen LogP) is 4.93. The number of benzene rings is 2. The summed E-state index contributed by atoms with van der Waals surface area (Å²) in [6.07, 6.45) is 0. The number of rotatable bonds is 3. The van der Waals surface area contributed by atoms with Gasteiger partial charge in [0.15, 0.2) is 0 Å². The van der Waals surface area contributed by atoms with Gasteiger partial charge in [-0.3, -0.25) is 0 Å². The Bertz CT molecular complexity index is 596. The van der Waals surface area contributed by atoms with E-state index in [4.69, 9.17) is 21.1 Å². The van der Waals surface area contributed by atoms with Crippen LogP contribution in [0.4, 0.5) is 4.39 Å². The van der Waals surface area contributed by atoms with E-state index in [0.29, 0.717) is 32.1 Å². The van der Waals surface area contributed by atoms with Gasteiger partial charge >= 0.3 is 0 Å². The van der Waals surface area contributed by atoms with Gasteiger partial charge in [-0.15, -0.1) is 0 Å². The lowest BCUT2D eigenvalue weighted by atomic mass is 10.0. The molecular weight excluding hydrogens is 335 g/mol. The first-order valence-electron chi connectivity index (χ1n) is 5.44. The molecule has 0 bridgehead atoms. The number of hydrogen-bond donors (Lipinski definition) is 0. The van der Waals surface area contributed by atoms with Crippen molar-refractivity contribution >= 4 is 27.5 Å². The Morgan fingerprint density at radius 2 is 1.79 bits per heavy atom. The first kappa shape index (κ1) is 14.2. The van der Waals surface area contributed by atoms with Crippen LogP contribution in [0.25, 0.3) is 11.1 Å². The van der Waals surface area contributed by atoms with Crippen molar-refractivity contribution in [2.75, 3.05) is 14.2 Å². The highest BCUT2D eigenvalue weighted by atomic mass is 79.9. The third kappa shape index (κ3) is 2.69. The summed E-state index contributed by atoms with van der Waals surface area (Å²) < 4.78 is 25.1. The molecule has 0 saturated heterocycles. The summed E-state index contributed by atoms with van der Waals surface area (Å²) in [7, 11) is 3.07. The van der Waals surface area contributed by atoms with E-state index in [1.54, 1.807) is 31.4 Å². The monoisotopic (exact) mass is 344 g/mol. The van der Waals surface area contributed by atoms with Crippen molar-refractivity contribution in [2.45, 2.75) is 0 Å². The van der Waals surface area contributed by atoms with Gasteiger partial charge in [0.2, 0.25) is 0 Å². The topological polar surface area (TPSA) is 18.5 Å². The molecule has 0 amide bonds. The molecule has 100 valence electrons. The van der Waals surface area contributed by atoms with Gasteiger partial charge in [-0.2, -0.15) is 0 Å². The number of methoxy groups -OCH3 is 2. The van der Waals surface area contributed by atoms with Crippen LogP contribution in [0.15, 0.2) is 34.8 Å². The van der Waals surface area contributed by atoms with Crippen LogP contribution in [0, 0.1) is 5.82 Å². The SMILES string of the molecule is COc1cc(OC)c(-c2c(F)cccc2Cl)cc1Br. The molecule has 19 heavy (non-hydrogen) atoms. The maximum Gasteiger partial charge on any atom is 0.136 e. The van der Waals surface area contributed by atoms with E-state index in [1.165, 1.54) is 13.2 Å². The van der Waals surface area contributed by atoms with Gasteiger partial charge in [0, 0.05) is 17.2 Å². The maximum absolute atomic E-state index is 14.0. The highest BCUT2D eigenvalue weighted by molar-refractivity contribution is 9.10. The zero-order chi connectivity index (χ0) is 14.0. The first-order valence-corrected chi connectivity index (χ1v) is 6.61. The van der Waals surface area contributed by atoms with Crippen molar-refractivity contribution in [3.8, 4) is 22.6 Å². The van der Waals surface area contributed by atoms with Crippen LogP contribution in [-0.2, 0) is 0 Å². The third-order valence-corrected chi connectivity index (χ3v) is 3.64. The van der Waals surface area contributed by atoms with Crippen LogP contribution >= 0.6 is 27.5 Å². The Labute approximate surface area is 124 Å². The molecule has 0 aromatic heterocycles.